The molecule has 0 radical (unpaired) electrons. The molecule has 4 atom stereocenters. The fourth-order valence-electron chi connectivity index (χ4n) is 5.53. The minimum Gasteiger partial charge on any atom is -0.394 e. The molecule has 1 aliphatic heterocycles. The Morgan fingerprint density at radius 1 is 0.638 bits per heavy atom. The molecular formula is C42H71NO4. The van der Waals surface area contributed by atoms with E-state index >= 15 is 0 Å². The summed E-state index contributed by atoms with van der Waals surface area (Å²) in [6.45, 7) is 4.14. The average molecular weight is 654 g/mol. The van der Waals surface area contributed by atoms with Gasteiger partial charge in [-0.1, -0.05) is 164 Å². The van der Waals surface area contributed by atoms with Crippen LogP contribution in [0, 0.1) is 0 Å². The summed E-state index contributed by atoms with van der Waals surface area (Å²) in [6.07, 6.45) is 50.3. The van der Waals surface area contributed by atoms with Gasteiger partial charge in [-0.15, -0.1) is 0 Å². The first kappa shape index (κ1) is 42.8. The lowest BCUT2D eigenvalue weighted by atomic mass is 10.0. The molecule has 1 rings (SSSR count). The molecule has 1 saturated heterocycles. The number of amides is 1. The number of epoxide rings is 1. The Kier molecular flexibility index (Phi) is 29.5. The minimum atomic E-state index is -0.875. The molecule has 0 aromatic carbocycles. The van der Waals surface area contributed by atoms with Crippen molar-refractivity contribution < 1.29 is 19.7 Å². The first-order valence-electron chi connectivity index (χ1n) is 19.3. The maximum absolute atomic E-state index is 12.3. The van der Waals surface area contributed by atoms with Gasteiger partial charge in [0, 0.05) is 6.42 Å². The highest BCUT2D eigenvalue weighted by molar-refractivity contribution is 5.76. The standard InChI is InChI=1S/C42H71NO4/c1-3-5-7-8-9-10-11-12-13-14-17-20-23-26-30-33-39(45)38(37-44)43-42(46)36-32-28-25-22-19-16-15-18-21-24-27-31-35-41-40(47-41)34-29-6-4-2/h6,16,18-19,21,25,27-31,33,38-41,44-45H,3-5,7-15,17,20,22-24,26,32,34-37H2,1-2H3,(H,43,46)/b19-16-,21-18-,28-25-,29-6-,31-27-,33-30+/t38-,39+,40?,41?/m0/s1. The monoisotopic (exact) mass is 654 g/mol. The third-order valence-corrected chi connectivity index (χ3v) is 8.61. The van der Waals surface area contributed by atoms with Crippen LogP contribution in [0.25, 0.3) is 0 Å². The predicted octanol–water partition coefficient (Wildman–Crippen LogP) is 10.6. The molecular weight excluding hydrogens is 582 g/mol. The van der Waals surface area contributed by atoms with E-state index in [-0.39, 0.29) is 12.5 Å². The number of aliphatic hydroxyl groups excluding tert-OH is 2. The van der Waals surface area contributed by atoms with Crippen LogP contribution < -0.4 is 5.32 Å². The number of hydrogen-bond donors (Lipinski definition) is 3. The summed E-state index contributed by atoms with van der Waals surface area (Å²) in [5.74, 6) is -0.152. The van der Waals surface area contributed by atoms with E-state index in [0.717, 1.165) is 51.4 Å². The summed E-state index contributed by atoms with van der Waals surface area (Å²) in [5, 5.41) is 22.9. The van der Waals surface area contributed by atoms with Crippen molar-refractivity contribution in [3.63, 3.8) is 0 Å². The quantitative estimate of drug-likeness (QED) is 0.0383. The van der Waals surface area contributed by atoms with Crippen LogP contribution >= 0.6 is 0 Å². The van der Waals surface area contributed by atoms with Crippen molar-refractivity contribution >= 4 is 5.91 Å². The molecule has 0 bridgehead atoms. The molecule has 1 aliphatic rings. The van der Waals surface area contributed by atoms with Gasteiger partial charge in [0.1, 0.15) is 0 Å². The van der Waals surface area contributed by atoms with E-state index in [1.165, 1.54) is 77.0 Å². The summed E-state index contributed by atoms with van der Waals surface area (Å²) < 4.78 is 5.68. The lowest BCUT2D eigenvalue weighted by Gasteiger charge is -2.19. The van der Waals surface area contributed by atoms with Crippen molar-refractivity contribution in [1.82, 2.24) is 5.32 Å². The van der Waals surface area contributed by atoms with Crippen LogP contribution in [0.5, 0.6) is 0 Å². The molecule has 47 heavy (non-hydrogen) atoms. The van der Waals surface area contributed by atoms with Crippen molar-refractivity contribution in [3.05, 3.63) is 72.9 Å². The molecule has 5 nitrogen and oxygen atoms in total. The molecule has 1 fully saturated rings. The lowest BCUT2D eigenvalue weighted by Crippen LogP contribution is -2.45. The van der Waals surface area contributed by atoms with Gasteiger partial charge >= 0.3 is 0 Å². The van der Waals surface area contributed by atoms with Crippen LogP contribution in [0.15, 0.2) is 72.9 Å². The largest absolute Gasteiger partial charge is 0.394 e. The van der Waals surface area contributed by atoms with Gasteiger partial charge in [0.05, 0.1) is 31.0 Å². The molecule has 268 valence electrons. The van der Waals surface area contributed by atoms with Crippen LogP contribution in [0.4, 0.5) is 0 Å². The van der Waals surface area contributed by atoms with Gasteiger partial charge in [-0.05, 0) is 57.8 Å². The Morgan fingerprint density at radius 2 is 1.13 bits per heavy atom. The highest BCUT2D eigenvalue weighted by atomic mass is 16.6. The summed E-state index contributed by atoms with van der Waals surface area (Å²) >= 11 is 0. The van der Waals surface area contributed by atoms with E-state index in [2.05, 4.69) is 73.8 Å². The average Bonchev–Trinajstić information content (AvgIpc) is 3.83. The van der Waals surface area contributed by atoms with Gasteiger partial charge in [0.15, 0.2) is 0 Å². The summed E-state index contributed by atoms with van der Waals surface area (Å²) in [4.78, 5) is 12.3. The Bertz CT molecular complexity index is 902. The molecule has 5 heteroatoms. The van der Waals surface area contributed by atoms with Crippen molar-refractivity contribution in [2.24, 2.45) is 0 Å². The second-order valence-corrected chi connectivity index (χ2v) is 13.0. The maximum Gasteiger partial charge on any atom is 0.220 e. The van der Waals surface area contributed by atoms with Gasteiger partial charge in [0.25, 0.3) is 0 Å². The molecule has 0 aromatic rings. The number of nitrogens with one attached hydrogen (secondary N) is 1. The van der Waals surface area contributed by atoms with E-state index < -0.39 is 12.1 Å². The molecule has 0 aromatic heterocycles. The van der Waals surface area contributed by atoms with Crippen molar-refractivity contribution in [2.45, 2.75) is 179 Å². The normalized spacial score (nSPS) is 18.2. The molecule has 0 spiro atoms. The maximum atomic E-state index is 12.3. The van der Waals surface area contributed by atoms with Crippen LogP contribution in [-0.4, -0.2) is 47.1 Å². The SMILES string of the molecule is CC/C=C\CC1OC1C/C=C\C/C=C\C/C=C\C/C=C\CCC(=O)N[C@@H](CO)[C@H](O)/C=C/CCCCCCCCCCCCCCC. The Balaban J connectivity index is 1.99. The lowest BCUT2D eigenvalue weighted by molar-refractivity contribution is -0.122. The Hall–Kier alpha value is -2.21. The highest BCUT2D eigenvalue weighted by Crippen LogP contribution is 2.29. The first-order chi connectivity index (χ1) is 23.1. The zero-order valence-electron chi connectivity index (χ0n) is 30.2. The molecule has 1 heterocycles. The molecule has 2 unspecified atom stereocenters. The smallest absolute Gasteiger partial charge is 0.220 e. The van der Waals surface area contributed by atoms with Crippen LogP contribution in [0.3, 0.4) is 0 Å². The first-order valence-corrected chi connectivity index (χ1v) is 19.3. The topological polar surface area (TPSA) is 82.1 Å². The van der Waals surface area contributed by atoms with Crippen molar-refractivity contribution in [3.8, 4) is 0 Å². The number of hydrogen-bond acceptors (Lipinski definition) is 4. The predicted molar refractivity (Wildman–Crippen MR) is 201 cm³/mol. The van der Waals surface area contributed by atoms with E-state index in [0.29, 0.717) is 25.0 Å². The third-order valence-electron chi connectivity index (χ3n) is 8.61. The number of aliphatic hydroxyl groups is 2. The number of carbonyl (C=O) groups is 1. The third kappa shape index (κ3) is 27.4. The number of ether oxygens (including phenoxy) is 1. The summed E-state index contributed by atoms with van der Waals surface area (Å²) in [7, 11) is 0. The van der Waals surface area contributed by atoms with E-state index in [1.807, 2.05) is 12.2 Å². The van der Waals surface area contributed by atoms with Crippen LogP contribution in [-0.2, 0) is 9.53 Å². The van der Waals surface area contributed by atoms with Gasteiger partial charge < -0.3 is 20.3 Å². The number of carbonyl (C=O) groups excluding carboxylic acids is 1. The van der Waals surface area contributed by atoms with Crippen molar-refractivity contribution in [2.75, 3.05) is 6.61 Å². The van der Waals surface area contributed by atoms with Gasteiger partial charge in [-0.25, -0.2) is 0 Å². The number of allylic oxidation sites excluding steroid dienone is 9. The van der Waals surface area contributed by atoms with E-state index in [4.69, 9.17) is 4.74 Å². The zero-order valence-corrected chi connectivity index (χ0v) is 30.2. The van der Waals surface area contributed by atoms with Crippen LogP contribution in [0.2, 0.25) is 0 Å². The van der Waals surface area contributed by atoms with E-state index in [9.17, 15) is 15.0 Å². The Labute approximate surface area is 289 Å². The van der Waals surface area contributed by atoms with Gasteiger partial charge in [-0.3, -0.25) is 4.79 Å². The number of rotatable bonds is 32. The van der Waals surface area contributed by atoms with Crippen LogP contribution in [0.1, 0.15) is 155 Å². The van der Waals surface area contributed by atoms with Crippen molar-refractivity contribution in [1.29, 1.82) is 0 Å². The van der Waals surface area contributed by atoms with Gasteiger partial charge in [-0.2, -0.15) is 0 Å². The number of unbranched alkanes of at least 4 members (excludes halogenated alkanes) is 13. The molecule has 1 amide bonds. The zero-order chi connectivity index (χ0) is 34.0. The Morgan fingerprint density at radius 3 is 1.66 bits per heavy atom. The second kappa shape index (κ2) is 32.3. The van der Waals surface area contributed by atoms with E-state index in [1.54, 1.807) is 6.08 Å². The minimum absolute atomic E-state index is 0.152. The fraction of sp³-hybridized carbons (Fsp3) is 0.690. The van der Waals surface area contributed by atoms with Gasteiger partial charge in [0.2, 0.25) is 5.91 Å². The molecule has 3 N–H and O–H groups in total. The summed E-state index contributed by atoms with van der Waals surface area (Å²) in [6, 6.07) is -0.668. The second-order valence-electron chi connectivity index (χ2n) is 13.0. The molecule has 0 saturated carbocycles. The summed E-state index contributed by atoms with van der Waals surface area (Å²) in [5.41, 5.74) is 0. The fourth-order valence-corrected chi connectivity index (χ4v) is 5.53. The molecule has 0 aliphatic carbocycles. The highest BCUT2D eigenvalue weighted by Gasteiger charge is 2.35.